The van der Waals surface area contributed by atoms with E-state index in [2.05, 4.69) is 10.3 Å². The fourth-order valence-electron chi connectivity index (χ4n) is 4.57. The topological polar surface area (TPSA) is 70.4 Å². The third kappa shape index (κ3) is 3.13. The number of anilines is 1. The summed E-state index contributed by atoms with van der Waals surface area (Å²) in [5.41, 5.74) is -2.29. The highest BCUT2D eigenvalue weighted by Gasteiger charge is 2.51. The lowest BCUT2D eigenvalue weighted by Gasteiger charge is -2.43. The van der Waals surface area contributed by atoms with Crippen molar-refractivity contribution >= 4 is 11.7 Å². The Morgan fingerprint density at radius 1 is 1.25 bits per heavy atom. The van der Waals surface area contributed by atoms with E-state index >= 15 is 0 Å². The zero-order chi connectivity index (χ0) is 20.1. The number of aromatic nitrogens is 2. The van der Waals surface area contributed by atoms with Crippen LogP contribution >= 0.6 is 0 Å². The Kier molecular flexibility index (Phi) is 4.37. The van der Waals surface area contributed by atoms with E-state index in [9.17, 15) is 23.1 Å². The van der Waals surface area contributed by atoms with Crippen molar-refractivity contribution in [2.24, 2.45) is 7.05 Å². The van der Waals surface area contributed by atoms with Gasteiger partial charge >= 0.3 is 12.2 Å². The number of para-hydroxylation sites is 1. The van der Waals surface area contributed by atoms with Crippen LogP contribution in [0.1, 0.15) is 37.1 Å². The van der Waals surface area contributed by atoms with Crippen LogP contribution < -0.4 is 5.32 Å². The van der Waals surface area contributed by atoms with Gasteiger partial charge in [0.25, 0.3) is 0 Å². The molecule has 2 amide bonds. The number of piperidine rings is 1. The van der Waals surface area contributed by atoms with E-state index in [1.807, 2.05) is 0 Å². The van der Waals surface area contributed by atoms with Crippen LogP contribution in [0.5, 0.6) is 0 Å². The van der Waals surface area contributed by atoms with E-state index in [1.165, 1.54) is 18.2 Å². The van der Waals surface area contributed by atoms with Crippen molar-refractivity contribution in [1.29, 1.82) is 0 Å². The van der Waals surface area contributed by atoms with E-state index in [0.717, 1.165) is 6.07 Å². The lowest BCUT2D eigenvalue weighted by atomic mass is 9.85. The summed E-state index contributed by atoms with van der Waals surface area (Å²) in [6.45, 7) is 0. The van der Waals surface area contributed by atoms with Crippen molar-refractivity contribution in [2.45, 2.75) is 49.5 Å². The second-order valence-electron chi connectivity index (χ2n) is 7.57. The first-order valence-electron chi connectivity index (χ1n) is 9.15. The molecule has 2 aliphatic heterocycles. The van der Waals surface area contributed by atoms with Crippen molar-refractivity contribution < 1.29 is 23.1 Å². The van der Waals surface area contributed by atoms with Crippen LogP contribution in [0, 0.1) is 0 Å². The molecule has 2 fully saturated rings. The number of benzene rings is 1. The number of halogens is 3. The number of urea groups is 1. The number of imidazole rings is 1. The molecular weight excluding hydrogens is 373 g/mol. The summed E-state index contributed by atoms with van der Waals surface area (Å²) in [6.07, 6.45) is 0.830. The average molecular weight is 394 g/mol. The molecule has 0 spiro atoms. The molecule has 150 valence electrons. The van der Waals surface area contributed by atoms with E-state index in [1.54, 1.807) is 28.9 Å². The zero-order valence-corrected chi connectivity index (χ0v) is 15.3. The van der Waals surface area contributed by atoms with Gasteiger partial charge in [-0.15, -0.1) is 0 Å². The minimum atomic E-state index is -4.55. The molecule has 1 aromatic heterocycles. The first-order valence-corrected chi connectivity index (χ1v) is 9.15. The average Bonchev–Trinajstić information content (AvgIpc) is 3.17. The standard InChI is InChI=1S/C19H21F3N4O2/c1-25-9-8-23-16(25)18(28)10-12-6-7-13(11-18)26(12)17(27)24-15-5-3-2-4-14(15)19(20,21)22/h2-5,8-9,12-13,28H,6-7,10-11H2,1H3,(H,24,27)/t12-,13+,18?. The number of carbonyl (C=O) groups is 1. The van der Waals surface area contributed by atoms with E-state index in [4.69, 9.17) is 0 Å². The molecule has 9 heteroatoms. The Bertz CT molecular complexity index is 881. The molecule has 1 aromatic carbocycles. The second-order valence-corrected chi connectivity index (χ2v) is 7.57. The summed E-state index contributed by atoms with van der Waals surface area (Å²) >= 11 is 0. The number of aliphatic hydroxyl groups is 1. The summed E-state index contributed by atoms with van der Waals surface area (Å²) in [5, 5.41) is 13.6. The van der Waals surface area contributed by atoms with Crippen LogP contribution in [-0.2, 0) is 18.8 Å². The quantitative estimate of drug-likeness (QED) is 0.819. The summed E-state index contributed by atoms with van der Waals surface area (Å²) in [6, 6.07) is 3.87. The molecule has 0 aliphatic carbocycles. The van der Waals surface area contributed by atoms with Gasteiger partial charge in [0.2, 0.25) is 0 Å². The van der Waals surface area contributed by atoms with Crippen LogP contribution in [0.25, 0.3) is 0 Å². The molecule has 0 radical (unpaired) electrons. The second kappa shape index (κ2) is 6.51. The highest BCUT2D eigenvalue weighted by Crippen LogP contribution is 2.45. The minimum Gasteiger partial charge on any atom is -0.382 e. The molecular formula is C19H21F3N4O2. The van der Waals surface area contributed by atoms with Gasteiger partial charge in [-0.25, -0.2) is 9.78 Å². The fraction of sp³-hybridized carbons (Fsp3) is 0.474. The molecule has 2 N–H and O–H groups in total. The van der Waals surface area contributed by atoms with Gasteiger partial charge in [-0.3, -0.25) is 0 Å². The van der Waals surface area contributed by atoms with Crippen molar-refractivity contribution in [1.82, 2.24) is 14.5 Å². The monoisotopic (exact) mass is 394 g/mol. The van der Waals surface area contributed by atoms with Gasteiger partial charge in [-0.1, -0.05) is 12.1 Å². The molecule has 4 rings (SSSR count). The van der Waals surface area contributed by atoms with Crippen LogP contribution in [-0.4, -0.2) is 37.7 Å². The molecule has 1 unspecified atom stereocenters. The maximum Gasteiger partial charge on any atom is 0.418 e. The van der Waals surface area contributed by atoms with Crippen LogP contribution in [0.2, 0.25) is 0 Å². The Hall–Kier alpha value is -2.55. The molecule has 2 aliphatic rings. The number of alkyl halides is 3. The number of rotatable bonds is 2. The smallest absolute Gasteiger partial charge is 0.382 e. The number of carbonyl (C=O) groups excluding carboxylic acids is 1. The molecule has 6 nitrogen and oxygen atoms in total. The van der Waals surface area contributed by atoms with Gasteiger partial charge in [0.15, 0.2) is 0 Å². The first-order chi connectivity index (χ1) is 13.2. The Labute approximate surface area is 160 Å². The number of aryl methyl sites for hydroxylation is 1. The van der Waals surface area contributed by atoms with Gasteiger partial charge < -0.3 is 19.9 Å². The number of hydrogen-bond acceptors (Lipinski definition) is 3. The van der Waals surface area contributed by atoms with Gasteiger partial charge in [-0.2, -0.15) is 13.2 Å². The maximum absolute atomic E-state index is 13.2. The fourth-order valence-corrected chi connectivity index (χ4v) is 4.57. The summed E-state index contributed by atoms with van der Waals surface area (Å²) in [4.78, 5) is 18.7. The number of hydrogen-bond donors (Lipinski definition) is 2. The summed E-state index contributed by atoms with van der Waals surface area (Å²) in [7, 11) is 1.80. The maximum atomic E-state index is 13.2. The highest BCUT2D eigenvalue weighted by molar-refractivity contribution is 5.91. The van der Waals surface area contributed by atoms with Crippen molar-refractivity contribution in [3.05, 3.63) is 48.0 Å². The lowest BCUT2D eigenvalue weighted by Crippen LogP contribution is -2.53. The molecule has 2 bridgehead atoms. The molecule has 2 aromatic rings. The van der Waals surface area contributed by atoms with Crippen molar-refractivity contribution in [2.75, 3.05) is 5.32 Å². The number of amides is 2. The van der Waals surface area contributed by atoms with Gasteiger partial charge in [0, 0.05) is 44.4 Å². The van der Waals surface area contributed by atoms with E-state index in [-0.39, 0.29) is 17.8 Å². The van der Waals surface area contributed by atoms with Crippen LogP contribution in [0.4, 0.5) is 23.7 Å². The first kappa shape index (κ1) is 18.8. The minimum absolute atomic E-state index is 0.251. The molecule has 2 saturated heterocycles. The highest BCUT2D eigenvalue weighted by atomic mass is 19.4. The summed E-state index contributed by atoms with van der Waals surface area (Å²) in [5.74, 6) is 0.548. The molecule has 0 saturated carbocycles. The zero-order valence-electron chi connectivity index (χ0n) is 15.3. The normalized spacial score (nSPS) is 27.1. The van der Waals surface area contributed by atoms with Gasteiger partial charge in [-0.05, 0) is 25.0 Å². The number of nitrogens with zero attached hydrogens (tertiary/aromatic N) is 3. The molecule has 28 heavy (non-hydrogen) atoms. The Morgan fingerprint density at radius 3 is 2.46 bits per heavy atom. The third-order valence-corrected chi connectivity index (χ3v) is 5.71. The number of nitrogens with one attached hydrogen (secondary N) is 1. The largest absolute Gasteiger partial charge is 0.418 e. The van der Waals surface area contributed by atoms with Gasteiger partial charge in [0.1, 0.15) is 11.4 Å². The van der Waals surface area contributed by atoms with E-state index in [0.29, 0.717) is 31.5 Å². The Balaban J connectivity index is 1.55. The van der Waals surface area contributed by atoms with Crippen LogP contribution in [0.3, 0.4) is 0 Å². The van der Waals surface area contributed by atoms with E-state index < -0.39 is 23.4 Å². The number of fused-ring (bicyclic) bond motifs is 2. The lowest BCUT2D eigenvalue weighted by molar-refractivity contribution is -0.136. The summed E-state index contributed by atoms with van der Waals surface area (Å²) < 4.78 is 41.3. The van der Waals surface area contributed by atoms with Crippen molar-refractivity contribution in [3.8, 4) is 0 Å². The molecule has 3 atom stereocenters. The third-order valence-electron chi connectivity index (χ3n) is 5.71. The predicted octanol–water partition coefficient (Wildman–Crippen LogP) is 3.49. The Morgan fingerprint density at radius 2 is 1.89 bits per heavy atom. The molecule has 3 heterocycles. The predicted molar refractivity (Wildman–Crippen MR) is 95.5 cm³/mol. The SMILES string of the molecule is Cn1ccnc1C1(O)C[C@H]2CC[C@@H](C1)N2C(=O)Nc1ccccc1C(F)(F)F. The van der Waals surface area contributed by atoms with Gasteiger partial charge in [0.05, 0.1) is 11.3 Å². The van der Waals surface area contributed by atoms with Crippen molar-refractivity contribution in [3.63, 3.8) is 0 Å². The van der Waals surface area contributed by atoms with Crippen LogP contribution in [0.15, 0.2) is 36.7 Å².